The third kappa shape index (κ3) is 4.26. The molecule has 132 valence electrons. The van der Waals surface area contributed by atoms with E-state index < -0.39 is 17.9 Å². The van der Waals surface area contributed by atoms with Crippen LogP contribution in [0.2, 0.25) is 5.02 Å². The summed E-state index contributed by atoms with van der Waals surface area (Å²) in [6.07, 6.45) is 3.32. The lowest BCUT2D eigenvalue weighted by atomic mass is 10.1. The van der Waals surface area contributed by atoms with E-state index in [0.717, 1.165) is 30.8 Å². The highest BCUT2D eigenvalue weighted by Crippen LogP contribution is 2.24. The van der Waals surface area contributed by atoms with Crippen LogP contribution in [0.3, 0.4) is 0 Å². The highest BCUT2D eigenvalue weighted by atomic mass is 35.5. The molecule has 1 saturated heterocycles. The van der Waals surface area contributed by atoms with E-state index in [-0.39, 0.29) is 17.1 Å². The molecule has 1 amide bonds. The number of halogens is 1. The molecule has 1 atom stereocenters. The second-order valence-electron chi connectivity index (χ2n) is 5.70. The van der Waals surface area contributed by atoms with Crippen LogP contribution in [-0.4, -0.2) is 40.0 Å². The Morgan fingerprint density at radius 2 is 2.16 bits per heavy atom. The number of nitrogens with zero attached hydrogens (tertiary/aromatic N) is 3. The third-order valence-electron chi connectivity index (χ3n) is 3.91. The van der Waals surface area contributed by atoms with Crippen LogP contribution in [0.5, 0.6) is 0 Å². The molecule has 1 fully saturated rings. The van der Waals surface area contributed by atoms with Gasteiger partial charge in [0.15, 0.2) is 5.69 Å². The fourth-order valence-electron chi connectivity index (χ4n) is 2.70. The predicted octanol–water partition coefficient (Wildman–Crippen LogP) is 2.74. The quantitative estimate of drug-likeness (QED) is 0.800. The summed E-state index contributed by atoms with van der Waals surface area (Å²) in [5, 5.41) is 13.8. The molecule has 1 aliphatic rings. The van der Waals surface area contributed by atoms with Crippen LogP contribution >= 0.6 is 22.9 Å². The van der Waals surface area contributed by atoms with Gasteiger partial charge in [-0.1, -0.05) is 17.7 Å². The molecule has 2 aromatic heterocycles. The van der Waals surface area contributed by atoms with Crippen LogP contribution in [0.25, 0.3) is 0 Å². The van der Waals surface area contributed by atoms with Gasteiger partial charge in [-0.2, -0.15) is 0 Å². The zero-order valence-electron chi connectivity index (χ0n) is 13.3. The summed E-state index contributed by atoms with van der Waals surface area (Å²) in [7, 11) is 0. The minimum absolute atomic E-state index is 0.0607. The Labute approximate surface area is 153 Å². The summed E-state index contributed by atoms with van der Waals surface area (Å²) < 4.78 is 0. The zero-order valence-corrected chi connectivity index (χ0v) is 14.9. The molecular weight excluding hydrogens is 364 g/mol. The number of hydrogen-bond donors (Lipinski definition) is 2. The van der Waals surface area contributed by atoms with Gasteiger partial charge in [-0.3, -0.25) is 9.59 Å². The van der Waals surface area contributed by atoms with Gasteiger partial charge in [0.1, 0.15) is 0 Å². The van der Waals surface area contributed by atoms with E-state index in [4.69, 9.17) is 16.7 Å². The van der Waals surface area contributed by atoms with Crippen molar-refractivity contribution in [3.8, 4) is 0 Å². The first-order valence-corrected chi connectivity index (χ1v) is 9.14. The van der Waals surface area contributed by atoms with Crippen LogP contribution in [0.15, 0.2) is 23.7 Å². The molecule has 2 aromatic rings. The molecule has 3 rings (SSSR count). The largest absolute Gasteiger partial charge is 0.481 e. The molecule has 0 saturated carbocycles. The van der Waals surface area contributed by atoms with E-state index in [1.165, 1.54) is 17.5 Å². The number of amides is 1. The summed E-state index contributed by atoms with van der Waals surface area (Å²) in [6.45, 7) is 1.69. The minimum atomic E-state index is -0.995. The van der Waals surface area contributed by atoms with Gasteiger partial charge in [0, 0.05) is 18.0 Å². The van der Waals surface area contributed by atoms with Crippen molar-refractivity contribution in [1.82, 2.24) is 15.3 Å². The van der Waals surface area contributed by atoms with Crippen molar-refractivity contribution in [2.45, 2.75) is 25.3 Å². The van der Waals surface area contributed by atoms with E-state index in [2.05, 4.69) is 15.3 Å². The van der Waals surface area contributed by atoms with Crippen LogP contribution in [0.4, 0.5) is 5.95 Å². The number of carboxylic acids is 1. The first kappa shape index (κ1) is 17.6. The van der Waals surface area contributed by atoms with Crippen LogP contribution < -0.4 is 10.2 Å². The van der Waals surface area contributed by atoms with Crippen LogP contribution in [-0.2, 0) is 4.79 Å². The molecular formula is C16H17ClN4O3S. The Morgan fingerprint density at radius 1 is 1.40 bits per heavy atom. The molecule has 0 unspecified atom stereocenters. The fourth-order valence-corrected chi connectivity index (χ4v) is 3.65. The number of thiophene rings is 1. The summed E-state index contributed by atoms with van der Waals surface area (Å²) >= 11 is 7.48. The molecule has 25 heavy (non-hydrogen) atoms. The van der Waals surface area contributed by atoms with E-state index in [1.807, 2.05) is 16.3 Å². The molecule has 0 spiro atoms. The monoisotopic (exact) mass is 380 g/mol. The molecule has 9 heteroatoms. The normalized spacial score (nSPS) is 15.2. The number of carbonyl (C=O) groups is 2. The van der Waals surface area contributed by atoms with E-state index in [0.29, 0.717) is 5.95 Å². The van der Waals surface area contributed by atoms with Crippen molar-refractivity contribution in [1.29, 1.82) is 0 Å². The van der Waals surface area contributed by atoms with Gasteiger partial charge in [-0.25, -0.2) is 9.97 Å². The molecule has 0 bridgehead atoms. The van der Waals surface area contributed by atoms with E-state index in [1.54, 1.807) is 6.07 Å². The number of aliphatic carboxylic acids is 1. The lowest BCUT2D eigenvalue weighted by Gasteiger charge is -2.18. The van der Waals surface area contributed by atoms with Gasteiger partial charge in [0.05, 0.1) is 23.7 Å². The number of aromatic nitrogens is 2. The van der Waals surface area contributed by atoms with Gasteiger partial charge in [0.25, 0.3) is 5.91 Å². The number of carboxylic acid groups (broad SMARTS) is 1. The van der Waals surface area contributed by atoms with Crippen molar-refractivity contribution in [3.05, 3.63) is 39.3 Å². The zero-order chi connectivity index (χ0) is 17.8. The summed E-state index contributed by atoms with van der Waals surface area (Å²) in [4.78, 5) is 35.0. The van der Waals surface area contributed by atoms with Crippen molar-refractivity contribution in [3.63, 3.8) is 0 Å². The summed E-state index contributed by atoms with van der Waals surface area (Å²) in [6, 6.07) is 2.96. The number of hydrogen-bond acceptors (Lipinski definition) is 6. The van der Waals surface area contributed by atoms with E-state index in [9.17, 15) is 9.59 Å². The van der Waals surface area contributed by atoms with Gasteiger partial charge in [0.2, 0.25) is 5.95 Å². The maximum atomic E-state index is 12.6. The summed E-state index contributed by atoms with van der Waals surface area (Å²) in [5.74, 6) is -1.03. The first-order valence-electron chi connectivity index (χ1n) is 7.88. The second-order valence-corrected chi connectivity index (χ2v) is 7.09. The van der Waals surface area contributed by atoms with Gasteiger partial charge >= 0.3 is 5.97 Å². The average molecular weight is 381 g/mol. The maximum Gasteiger partial charge on any atom is 0.305 e. The summed E-state index contributed by atoms with van der Waals surface area (Å²) in [5.41, 5.74) is 0.0607. The van der Waals surface area contributed by atoms with E-state index >= 15 is 0 Å². The molecule has 1 aliphatic heterocycles. The van der Waals surface area contributed by atoms with Gasteiger partial charge < -0.3 is 15.3 Å². The molecule has 2 N–H and O–H groups in total. The van der Waals surface area contributed by atoms with Crippen molar-refractivity contribution in [2.24, 2.45) is 0 Å². The number of anilines is 1. The van der Waals surface area contributed by atoms with Crippen molar-refractivity contribution in [2.75, 3.05) is 18.0 Å². The lowest BCUT2D eigenvalue weighted by molar-refractivity contribution is -0.137. The molecule has 0 aromatic carbocycles. The minimum Gasteiger partial charge on any atom is -0.481 e. The maximum absolute atomic E-state index is 12.6. The first-order chi connectivity index (χ1) is 12.0. The Hall–Kier alpha value is -2.19. The third-order valence-corrected chi connectivity index (χ3v) is 5.17. The number of carbonyl (C=O) groups excluding carboxylic acids is 1. The van der Waals surface area contributed by atoms with Crippen LogP contribution in [0, 0.1) is 0 Å². The van der Waals surface area contributed by atoms with Gasteiger partial charge in [-0.15, -0.1) is 11.3 Å². The Morgan fingerprint density at radius 3 is 2.80 bits per heavy atom. The average Bonchev–Trinajstić information content (AvgIpc) is 3.28. The SMILES string of the molecule is O=C(O)C[C@H](NC(=O)c1nc(N2CCCC2)ncc1Cl)c1cccs1. The second kappa shape index (κ2) is 7.79. The van der Waals surface area contributed by atoms with Crippen molar-refractivity contribution >= 4 is 40.8 Å². The smallest absolute Gasteiger partial charge is 0.305 e. The standard InChI is InChI=1S/C16H17ClN4O3S/c17-10-9-18-16(21-5-1-2-6-21)20-14(10)15(24)19-11(8-13(22)23)12-4-3-7-25-12/h3-4,7,9,11H,1-2,5-6,8H2,(H,19,24)(H,22,23)/t11-/m0/s1. The number of rotatable bonds is 6. The molecule has 7 nitrogen and oxygen atoms in total. The van der Waals surface area contributed by atoms with Crippen molar-refractivity contribution < 1.29 is 14.7 Å². The molecule has 3 heterocycles. The highest BCUT2D eigenvalue weighted by molar-refractivity contribution is 7.10. The molecule has 0 aliphatic carbocycles. The van der Waals surface area contributed by atoms with Gasteiger partial charge in [-0.05, 0) is 24.3 Å². The Bertz CT molecular complexity index is 763. The molecule has 0 radical (unpaired) electrons. The Kier molecular flexibility index (Phi) is 5.50. The predicted molar refractivity (Wildman–Crippen MR) is 95.3 cm³/mol. The fraction of sp³-hybridized carbons (Fsp3) is 0.375. The highest BCUT2D eigenvalue weighted by Gasteiger charge is 2.24. The Balaban J connectivity index is 1.81. The topological polar surface area (TPSA) is 95.4 Å². The lowest BCUT2D eigenvalue weighted by Crippen LogP contribution is -2.31. The van der Waals surface area contributed by atoms with Crippen LogP contribution in [0.1, 0.15) is 40.7 Å². The number of nitrogens with one attached hydrogen (secondary N) is 1.